The standard InChI is InChI=1S/C26H24N2O5S/c29-26(28-23-11-4-9-21(15-23)18-32-19-24-12-6-14-33-24)22-10-5-13-25(16-22)34(30,31)27-17-20-7-2-1-3-8-20/h1-16,27H,17-19H2,(H,28,29). The Morgan fingerprint density at radius 3 is 2.41 bits per heavy atom. The van der Waals surface area contributed by atoms with Crippen molar-refractivity contribution >= 4 is 21.6 Å². The van der Waals surface area contributed by atoms with Crippen LogP contribution in [0.5, 0.6) is 0 Å². The zero-order valence-electron chi connectivity index (χ0n) is 18.3. The van der Waals surface area contributed by atoms with Gasteiger partial charge in [0.25, 0.3) is 5.91 Å². The first-order valence-corrected chi connectivity index (χ1v) is 12.1. The van der Waals surface area contributed by atoms with Crippen LogP contribution in [0.4, 0.5) is 5.69 Å². The molecule has 0 aliphatic heterocycles. The average Bonchev–Trinajstić information content (AvgIpc) is 3.37. The molecule has 34 heavy (non-hydrogen) atoms. The van der Waals surface area contributed by atoms with Crippen LogP contribution in [0.1, 0.15) is 27.2 Å². The molecule has 0 unspecified atom stereocenters. The molecule has 2 N–H and O–H groups in total. The fraction of sp³-hybridized carbons (Fsp3) is 0.115. The van der Waals surface area contributed by atoms with Gasteiger partial charge in [0.2, 0.25) is 10.0 Å². The lowest BCUT2D eigenvalue weighted by molar-refractivity contribution is 0.0929. The maximum absolute atomic E-state index is 12.8. The number of rotatable bonds is 10. The first-order valence-electron chi connectivity index (χ1n) is 10.6. The second kappa shape index (κ2) is 10.9. The van der Waals surface area contributed by atoms with E-state index in [-0.39, 0.29) is 17.0 Å². The molecule has 4 aromatic rings. The van der Waals surface area contributed by atoms with E-state index < -0.39 is 15.9 Å². The number of amides is 1. The van der Waals surface area contributed by atoms with Crippen molar-refractivity contribution in [3.63, 3.8) is 0 Å². The van der Waals surface area contributed by atoms with Gasteiger partial charge in [-0.15, -0.1) is 0 Å². The van der Waals surface area contributed by atoms with Gasteiger partial charge in [-0.3, -0.25) is 4.79 Å². The second-order valence-corrected chi connectivity index (χ2v) is 9.33. The summed E-state index contributed by atoms with van der Waals surface area (Å²) in [5.74, 6) is 0.325. The summed E-state index contributed by atoms with van der Waals surface area (Å²) in [5.41, 5.74) is 2.54. The lowest BCUT2D eigenvalue weighted by Crippen LogP contribution is -2.23. The third-order valence-corrected chi connectivity index (χ3v) is 6.39. The van der Waals surface area contributed by atoms with Gasteiger partial charge < -0.3 is 14.5 Å². The molecule has 0 bridgehead atoms. The molecular formula is C26H24N2O5S. The van der Waals surface area contributed by atoms with Gasteiger partial charge in [0.15, 0.2) is 0 Å². The van der Waals surface area contributed by atoms with Crippen molar-refractivity contribution in [2.24, 2.45) is 0 Å². The van der Waals surface area contributed by atoms with Crippen LogP contribution in [0.15, 0.2) is 107 Å². The molecule has 0 atom stereocenters. The number of carbonyl (C=O) groups excluding carboxylic acids is 1. The largest absolute Gasteiger partial charge is 0.467 e. The monoisotopic (exact) mass is 476 g/mol. The number of sulfonamides is 1. The SMILES string of the molecule is O=C(Nc1cccc(COCc2ccco2)c1)c1cccc(S(=O)(=O)NCc2ccccc2)c1. The number of nitrogens with one attached hydrogen (secondary N) is 2. The van der Waals surface area contributed by atoms with Crippen molar-refractivity contribution in [3.8, 4) is 0 Å². The number of ether oxygens (including phenoxy) is 1. The van der Waals surface area contributed by atoms with E-state index in [2.05, 4.69) is 10.0 Å². The fourth-order valence-electron chi connectivity index (χ4n) is 3.27. The van der Waals surface area contributed by atoms with Gasteiger partial charge in [-0.05, 0) is 53.6 Å². The quantitative estimate of drug-likeness (QED) is 0.345. The van der Waals surface area contributed by atoms with E-state index >= 15 is 0 Å². The molecule has 1 amide bonds. The highest BCUT2D eigenvalue weighted by Crippen LogP contribution is 2.17. The Morgan fingerprint density at radius 2 is 1.62 bits per heavy atom. The topological polar surface area (TPSA) is 97.6 Å². The minimum absolute atomic E-state index is 0.0242. The maximum atomic E-state index is 12.8. The average molecular weight is 477 g/mol. The normalized spacial score (nSPS) is 11.3. The number of carbonyl (C=O) groups is 1. The second-order valence-electron chi connectivity index (χ2n) is 7.56. The van der Waals surface area contributed by atoms with Gasteiger partial charge in [0.05, 0.1) is 17.8 Å². The number of hydrogen-bond donors (Lipinski definition) is 2. The van der Waals surface area contributed by atoms with Crippen molar-refractivity contribution in [2.45, 2.75) is 24.7 Å². The third-order valence-electron chi connectivity index (χ3n) is 4.99. The highest BCUT2D eigenvalue weighted by Gasteiger charge is 2.16. The van der Waals surface area contributed by atoms with Crippen LogP contribution in [0.2, 0.25) is 0 Å². The zero-order valence-corrected chi connectivity index (χ0v) is 19.1. The summed E-state index contributed by atoms with van der Waals surface area (Å²) in [6.45, 7) is 0.864. The number of benzene rings is 3. The van der Waals surface area contributed by atoms with E-state index in [1.54, 1.807) is 30.5 Å². The smallest absolute Gasteiger partial charge is 0.255 e. The van der Waals surface area contributed by atoms with Crippen molar-refractivity contribution in [1.29, 1.82) is 0 Å². The molecule has 1 aromatic heterocycles. The first kappa shape index (κ1) is 23.4. The summed E-state index contributed by atoms with van der Waals surface area (Å²) < 4.78 is 38.9. The van der Waals surface area contributed by atoms with Crippen LogP contribution in [-0.4, -0.2) is 14.3 Å². The summed E-state index contributed by atoms with van der Waals surface area (Å²) in [5, 5.41) is 2.81. The molecule has 0 aliphatic rings. The molecule has 1 heterocycles. The predicted octanol–water partition coefficient (Wildman–Crippen LogP) is 4.73. The van der Waals surface area contributed by atoms with E-state index in [0.717, 1.165) is 16.9 Å². The summed E-state index contributed by atoms with van der Waals surface area (Å²) in [4.78, 5) is 12.8. The van der Waals surface area contributed by atoms with Crippen molar-refractivity contribution in [3.05, 3.63) is 120 Å². The molecule has 0 fully saturated rings. The number of hydrogen-bond acceptors (Lipinski definition) is 5. The van der Waals surface area contributed by atoms with Crippen LogP contribution >= 0.6 is 0 Å². The summed E-state index contributed by atoms with van der Waals surface area (Å²) in [6, 6.07) is 26.1. The third kappa shape index (κ3) is 6.41. The summed E-state index contributed by atoms with van der Waals surface area (Å²) in [6.07, 6.45) is 1.59. The lowest BCUT2D eigenvalue weighted by Gasteiger charge is -2.10. The Balaban J connectivity index is 1.38. The molecule has 0 saturated heterocycles. The first-order chi connectivity index (χ1) is 16.5. The molecule has 0 radical (unpaired) electrons. The van der Waals surface area contributed by atoms with Gasteiger partial charge in [-0.25, -0.2) is 13.1 Å². The molecule has 0 aliphatic carbocycles. The maximum Gasteiger partial charge on any atom is 0.255 e. The molecule has 174 valence electrons. The molecular weight excluding hydrogens is 452 g/mol. The Kier molecular flexibility index (Phi) is 7.54. The molecule has 7 nitrogen and oxygen atoms in total. The van der Waals surface area contributed by atoms with Crippen LogP contribution in [0, 0.1) is 0 Å². The summed E-state index contributed by atoms with van der Waals surface area (Å²) in [7, 11) is -3.78. The van der Waals surface area contributed by atoms with Gasteiger partial charge in [-0.2, -0.15) is 0 Å². The minimum Gasteiger partial charge on any atom is -0.467 e. The van der Waals surface area contributed by atoms with E-state index in [9.17, 15) is 13.2 Å². The van der Waals surface area contributed by atoms with E-state index in [4.69, 9.17) is 9.15 Å². The number of anilines is 1. The molecule has 4 rings (SSSR count). The Bertz CT molecular complexity index is 1340. The van der Waals surface area contributed by atoms with E-state index in [0.29, 0.717) is 18.9 Å². The predicted molar refractivity (Wildman–Crippen MR) is 129 cm³/mol. The van der Waals surface area contributed by atoms with Gasteiger partial charge >= 0.3 is 0 Å². The van der Waals surface area contributed by atoms with Gasteiger partial charge in [0.1, 0.15) is 12.4 Å². The minimum atomic E-state index is -3.78. The Hall–Kier alpha value is -3.72. The summed E-state index contributed by atoms with van der Waals surface area (Å²) >= 11 is 0. The lowest BCUT2D eigenvalue weighted by atomic mass is 10.2. The number of furan rings is 1. The fourth-order valence-corrected chi connectivity index (χ4v) is 4.33. The highest BCUT2D eigenvalue weighted by molar-refractivity contribution is 7.89. The van der Waals surface area contributed by atoms with Crippen molar-refractivity contribution < 1.29 is 22.4 Å². The molecule has 0 spiro atoms. The molecule has 8 heteroatoms. The van der Waals surface area contributed by atoms with Crippen LogP contribution in [0.3, 0.4) is 0 Å². The molecule has 3 aromatic carbocycles. The highest BCUT2D eigenvalue weighted by atomic mass is 32.2. The van der Waals surface area contributed by atoms with Gasteiger partial charge in [-0.1, -0.05) is 48.5 Å². The van der Waals surface area contributed by atoms with Crippen molar-refractivity contribution in [2.75, 3.05) is 5.32 Å². The van der Waals surface area contributed by atoms with Crippen molar-refractivity contribution in [1.82, 2.24) is 4.72 Å². The van der Waals surface area contributed by atoms with Crippen LogP contribution < -0.4 is 10.0 Å². The van der Waals surface area contributed by atoms with E-state index in [1.165, 1.54) is 12.1 Å². The van der Waals surface area contributed by atoms with Crippen LogP contribution in [-0.2, 0) is 34.5 Å². The van der Waals surface area contributed by atoms with Crippen LogP contribution in [0.25, 0.3) is 0 Å². The molecule has 0 saturated carbocycles. The Labute approximate surface area is 198 Å². The Morgan fingerprint density at radius 1 is 0.824 bits per heavy atom. The van der Waals surface area contributed by atoms with Gasteiger partial charge in [0, 0.05) is 17.8 Å². The zero-order chi connectivity index (χ0) is 23.8. The van der Waals surface area contributed by atoms with E-state index in [1.807, 2.05) is 54.6 Å².